The van der Waals surface area contributed by atoms with E-state index in [-0.39, 0.29) is 0 Å². The second-order valence-electron chi connectivity index (χ2n) is 3.77. The van der Waals surface area contributed by atoms with Gasteiger partial charge in [0.25, 0.3) is 0 Å². The standard InChI is InChI=1S/C14H24/c1-4-7-9-10-11-13-14(6-3)12-8-5-2/h14H,1-2,4-8,11-13H2,3H3. The molecule has 1 unspecified atom stereocenters. The van der Waals surface area contributed by atoms with E-state index in [1.807, 2.05) is 0 Å². The fraction of sp³-hybridized carbons (Fsp3) is 0.714. The van der Waals surface area contributed by atoms with Gasteiger partial charge in [-0.1, -0.05) is 46.5 Å². The Morgan fingerprint density at radius 2 is 1.71 bits per heavy atom. The van der Waals surface area contributed by atoms with Crippen molar-refractivity contribution in [3.05, 3.63) is 13.8 Å². The minimum Gasteiger partial charge on any atom is -0.103 e. The van der Waals surface area contributed by atoms with E-state index in [1.165, 1.54) is 25.7 Å². The average molecular weight is 192 g/mol. The van der Waals surface area contributed by atoms with E-state index in [9.17, 15) is 0 Å². The van der Waals surface area contributed by atoms with Crippen LogP contribution in [0, 0.1) is 31.6 Å². The highest BCUT2D eigenvalue weighted by Gasteiger charge is 2.03. The highest BCUT2D eigenvalue weighted by atomic mass is 14.1. The van der Waals surface area contributed by atoms with Crippen molar-refractivity contribution in [3.8, 4) is 11.8 Å². The van der Waals surface area contributed by atoms with Crippen LogP contribution in [0.15, 0.2) is 0 Å². The highest BCUT2D eigenvalue weighted by Crippen LogP contribution is 2.17. The van der Waals surface area contributed by atoms with E-state index in [0.29, 0.717) is 0 Å². The molecule has 0 heteroatoms. The molecule has 0 aliphatic heterocycles. The number of unbranched alkanes of at least 4 members (excludes halogenated alkanes) is 2. The van der Waals surface area contributed by atoms with Crippen molar-refractivity contribution in [3.63, 3.8) is 0 Å². The summed E-state index contributed by atoms with van der Waals surface area (Å²) in [5.41, 5.74) is 0. The molecule has 0 N–H and O–H groups in total. The number of hydrogen-bond acceptors (Lipinski definition) is 0. The van der Waals surface area contributed by atoms with Crippen LogP contribution in [0.25, 0.3) is 0 Å². The van der Waals surface area contributed by atoms with Crippen molar-refractivity contribution in [2.45, 2.75) is 58.3 Å². The lowest BCUT2D eigenvalue weighted by Crippen LogP contribution is -1.97. The topological polar surface area (TPSA) is 0 Å². The Morgan fingerprint density at radius 3 is 2.29 bits per heavy atom. The maximum absolute atomic E-state index is 3.88. The van der Waals surface area contributed by atoms with Crippen molar-refractivity contribution < 1.29 is 0 Å². The molecule has 0 fully saturated rings. The van der Waals surface area contributed by atoms with E-state index in [2.05, 4.69) is 32.6 Å². The molecule has 0 aromatic carbocycles. The van der Waals surface area contributed by atoms with Crippen LogP contribution in [0.5, 0.6) is 0 Å². The summed E-state index contributed by atoms with van der Waals surface area (Å²) in [4.78, 5) is 0. The van der Waals surface area contributed by atoms with Crippen LogP contribution < -0.4 is 0 Å². The first kappa shape index (κ1) is 13.6. The fourth-order valence-corrected chi connectivity index (χ4v) is 1.53. The van der Waals surface area contributed by atoms with Crippen molar-refractivity contribution in [1.82, 2.24) is 0 Å². The molecule has 0 saturated carbocycles. The molecular formula is C14H24. The van der Waals surface area contributed by atoms with Crippen LogP contribution in [0.1, 0.15) is 58.3 Å². The van der Waals surface area contributed by atoms with Gasteiger partial charge in [-0.2, -0.15) is 0 Å². The molecule has 2 radical (unpaired) electrons. The van der Waals surface area contributed by atoms with Gasteiger partial charge in [-0.3, -0.25) is 0 Å². The second kappa shape index (κ2) is 10.6. The van der Waals surface area contributed by atoms with Crippen molar-refractivity contribution in [1.29, 1.82) is 0 Å². The SMILES string of the molecule is [CH2]CCC#CCCC(CC)CCC[CH2]. The summed E-state index contributed by atoms with van der Waals surface area (Å²) in [6.07, 6.45) is 9.18. The van der Waals surface area contributed by atoms with Gasteiger partial charge < -0.3 is 0 Å². The highest BCUT2D eigenvalue weighted by molar-refractivity contribution is 4.98. The summed E-state index contributed by atoms with van der Waals surface area (Å²) in [5.74, 6) is 7.23. The second-order valence-corrected chi connectivity index (χ2v) is 3.77. The summed E-state index contributed by atoms with van der Waals surface area (Å²) in [6, 6.07) is 0. The minimum atomic E-state index is 0.866. The Bertz CT molecular complexity index is 159. The zero-order valence-corrected chi connectivity index (χ0v) is 9.65. The molecule has 0 aromatic heterocycles. The van der Waals surface area contributed by atoms with Crippen LogP contribution in [0.4, 0.5) is 0 Å². The Balaban J connectivity index is 3.48. The molecule has 0 aromatic rings. The van der Waals surface area contributed by atoms with Crippen molar-refractivity contribution in [2.75, 3.05) is 0 Å². The van der Waals surface area contributed by atoms with E-state index < -0.39 is 0 Å². The summed E-state index contributed by atoms with van der Waals surface area (Å²) in [5, 5.41) is 0. The third-order valence-electron chi connectivity index (χ3n) is 2.54. The van der Waals surface area contributed by atoms with E-state index in [1.54, 1.807) is 0 Å². The van der Waals surface area contributed by atoms with E-state index >= 15 is 0 Å². The van der Waals surface area contributed by atoms with Gasteiger partial charge in [0.05, 0.1) is 0 Å². The first-order valence-corrected chi connectivity index (χ1v) is 5.89. The summed E-state index contributed by atoms with van der Waals surface area (Å²) >= 11 is 0. The Labute approximate surface area is 90.5 Å². The van der Waals surface area contributed by atoms with Crippen LogP contribution in [-0.4, -0.2) is 0 Å². The number of rotatable bonds is 7. The predicted molar refractivity (Wildman–Crippen MR) is 64.6 cm³/mol. The predicted octanol–water partition coefficient (Wildman–Crippen LogP) is 4.41. The van der Waals surface area contributed by atoms with Gasteiger partial charge in [0, 0.05) is 12.8 Å². The first-order valence-electron chi connectivity index (χ1n) is 5.89. The van der Waals surface area contributed by atoms with Gasteiger partial charge >= 0.3 is 0 Å². The van der Waals surface area contributed by atoms with Gasteiger partial charge in [0.2, 0.25) is 0 Å². The number of hydrogen-bond donors (Lipinski definition) is 0. The lowest BCUT2D eigenvalue weighted by Gasteiger charge is -2.11. The molecule has 80 valence electrons. The lowest BCUT2D eigenvalue weighted by molar-refractivity contribution is 0.431. The molecule has 0 saturated heterocycles. The third-order valence-corrected chi connectivity index (χ3v) is 2.54. The quantitative estimate of drug-likeness (QED) is 0.524. The van der Waals surface area contributed by atoms with Crippen LogP contribution in [0.3, 0.4) is 0 Å². The van der Waals surface area contributed by atoms with Crippen molar-refractivity contribution >= 4 is 0 Å². The van der Waals surface area contributed by atoms with Crippen molar-refractivity contribution in [2.24, 2.45) is 5.92 Å². The summed E-state index contributed by atoms with van der Waals surface area (Å²) in [6.45, 7) is 9.92. The molecule has 0 amide bonds. The molecular weight excluding hydrogens is 168 g/mol. The largest absolute Gasteiger partial charge is 0.103 e. The van der Waals surface area contributed by atoms with Gasteiger partial charge in [-0.25, -0.2) is 0 Å². The Hall–Kier alpha value is -0.440. The van der Waals surface area contributed by atoms with Gasteiger partial charge in [-0.05, 0) is 18.8 Å². The molecule has 0 bridgehead atoms. The van der Waals surface area contributed by atoms with E-state index in [4.69, 9.17) is 0 Å². The average Bonchev–Trinajstić information content (AvgIpc) is 2.22. The molecule has 0 nitrogen and oxygen atoms in total. The summed E-state index contributed by atoms with van der Waals surface area (Å²) in [7, 11) is 0. The molecule has 0 spiro atoms. The molecule has 0 aliphatic carbocycles. The lowest BCUT2D eigenvalue weighted by atomic mass is 9.94. The van der Waals surface area contributed by atoms with Crippen LogP contribution >= 0.6 is 0 Å². The van der Waals surface area contributed by atoms with Gasteiger partial charge in [-0.15, -0.1) is 11.8 Å². The fourth-order valence-electron chi connectivity index (χ4n) is 1.53. The van der Waals surface area contributed by atoms with Crippen LogP contribution in [-0.2, 0) is 0 Å². The van der Waals surface area contributed by atoms with Gasteiger partial charge in [0.15, 0.2) is 0 Å². The molecule has 1 atom stereocenters. The zero-order valence-electron chi connectivity index (χ0n) is 9.65. The van der Waals surface area contributed by atoms with Gasteiger partial charge in [0.1, 0.15) is 0 Å². The molecule has 0 heterocycles. The summed E-state index contributed by atoms with van der Waals surface area (Å²) < 4.78 is 0. The maximum atomic E-state index is 3.88. The zero-order chi connectivity index (χ0) is 10.6. The van der Waals surface area contributed by atoms with Crippen LogP contribution in [0.2, 0.25) is 0 Å². The molecule has 0 aliphatic rings. The monoisotopic (exact) mass is 192 g/mol. The maximum Gasteiger partial charge on any atom is 0.00913 e. The smallest absolute Gasteiger partial charge is 0.00913 e. The Kier molecular flexibility index (Phi) is 10.3. The Morgan fingerprint density at radius 1 is 1.00 bits per heavy atom. The minimum absolute atomic E-state index is 0.866. The first-order chi connectivity index (χ1) is 6.85. The molecule has 14 heavy (non-hydrogen) atoms. The normalized spacial score (nSPS) is 11.9. The molecule has 0 rings (SSSR count). The van der Waals surface area contributed by atoms with E-state index in [0.717, 1.165) is 31.6 Å². The third kappa shape index (κ3) is 8.17.